The molecule has 0 amide bonds. The maximum Gasteiger partial charge on any atom is 0.0672 e. The van der Waals surface area contributed by atoms with Crippen LogP contribution in [0.25, 0.3) is 0 Å². The van der Waals surface area contributed by atoms with Crippen LogP contribution in [0.3, 0.4) is 0 Å². The molecular weight excluding hydrogens is 172 g/mol. The maximum atomic E-state index is 10.5. The summed E-state index contributed by atoms with van der Waals surface area (Å²) < 4.78 is 0. The standard InChI is InChI=1S/C13H28O/c1-6-9-10-11-13(5,14)12(4,7-2)8-3/h14H,6-11H2,1-5H3. The Morgan fingerprint density at radius 3 is 1.79 bits per heavy atom. The second-order valence-electron chi connectivity index (χ2n) is 5.00. The van der Waals surface area contributed by atoms with Crippen molar-refractivity contribution >= 4 is 0 Å². The van der Waals surface area contributed by atoms with Crippen LogP contribution in [0.5, 0.6) is 0 Å². The Balaban J connectivity index is 4.26. The van der Waals surface area contributed by atoms with Gasteiger partial charge in [0.05, 0.1) is 5.60 Å². The fourth-order valence-electron chi connectivity index (χ4n) is 2.03. The summed E-state index contributed by atoms with van der Waals surface area (Å²) in [7, 11) is 0. The minimum atomic E-state index is -0.494. The van der Waals surface area contributed by atoms with E-state index in [1.165, 1.54) is 12.8 Å². The lowest BCUT2D eigenvalue weighted by atomic mass is 9.68. The molecule has 0 aromatic heterocycles. The highest BCUT2D eigenvalue weighted by Crippen LogP contribution is 2.40. The van der Waals surface area contributed by atoms with Gasteiger partial charge in [-0.1, -0.05) is 47.0 Å². The number of unbranched alkanes of at least 4 members (excludes halogenated alkanes) is 2. The van der Waals surface area contributed by atoms with Crippen molar-refractivity contribution in [3.8, 4) is 0 Å². The maximum absolute atomic E-state index is 10.5. The Kier molecular flexibility index (Phi) is 5.73. The first-order valence-corrected chi connectivity index (χ1v) is 6.16. The molecule has 14 heavy (non-hydrogen) atoms. The molecule has 0 aliphatic carbocycles. The Morgan fingerprint density at radius 2 is 1.43 bits per heavy atom. The molecule has 0 saturated carbocycles. The van der Waals surface area contributed by atoms with Gasteiger partial charge in [0.25, 0.3) is 0 Å². The SMILES string of the molecule is CCCCCC(C)(O)C(C)(CC)CC. The van der Waals surface area contributed by atoms with Gasteiger partial charge >= 0.3 is 0 Å². The highest BCUT2D eigenvalue weighted by Gasteiger charge is 2.39. The van der Waals surface area contributed by atoms with Crippen LogP contribution < -0.4 is 0 Å². The second kappa shape index (κ2) is 5.75. The van der Waals surface area contributed by atoms with Gasteiger partial charge in [-0.3, -0.25) is 0 Å². The van der Waals surface area contributed by atoms with E-state index in [0.717, 1.165) is 25.7 Å². The molecule has 0 aliphatic heterocycles. The lowest BCUT2D eigenvalue weighted by Crippen LogP contribution is -2.43. The van der Waals surface area contributed by atoms with Crippen molar-refractivity contribution in [1.29, 1.82) is 0 Å². The summed E-state index contributed by atoms with van der Waals surface area (Å²) in [6, 6.07) is 0. The van der Waals surface area contributed by atoms with Gasteiger partial charge in [-0.25, -0.2) is 0 Å². The van der Waals surface area contributed by atoms with E-state index in [0.29, 0.717) is 0 Å². The number of hydrogen-bond acceptors (Lipinski definition) is 1. The zero-order valence-electron chi connectivity index (χ0n) is 10.7. The van der Waals surface area contributed by atoms with Crippen molar-refractivity contribution in [2.75, 3.05) is 0 Å². The van der Waals surface area contributed by atoms with Gasteiger partial charge in [0.1, 0.15) is 0 Å². The average molecular weight is 200 g/mol. The van der Waals surface area contributed by atoms with Crippen molar-refractivity contribution in [2.24, 2.45) is 5.41 Å². The molecule has 0 aliphatic rings. The number of rotatable bonds is 7. The Bertz CT molecular complexity index is 145. The second-order valence-corrected chi connectivity index (χ2v) is 5.00. The van der Waals surface area contributed by atoms with E-state index in [1.807, 2.05) is 6.92 Å². The molecular formula is C13H28O. The minimum Gasteiger partial charge on any atom is -0.390 e. The van der Waals surface area contributed by atoms with Crippen molar-refractivity contribution in [3.05, 3.63) is 0 Å². The first-order chi connectivity index (χ1) is 6.43. The van der Waals surface area contributed by atoms with Crippen LogP contribution in [0.2, 0.25) is 0 Å². The molecule has 0 fully saturated rings. The van der Waals surface area contributed by atoms with Gasteiger partial charge in [0.15, 0.2) is 0 Å². The van der Waals surface area contributed by atoms with Gasteiger partial charge in [0.2, 0.25) is 0 Å². The fraction of sp³-hybridized carbons (Fsp3) is 1.00. The zero-order chi connectivity index (χ0) is 11.2. The zero-order valence-corrected chi connectivity index (χ0v) is 10.7. The molecule has 1 atom stereocenters. The van der Waals surface area contributed by atoms with E-state index >= 15 is 0 Å². The molecule has 0 saturated heterocycles. The van der Waals surface area contributed by atoms with Gasteiger partial charge in [0, 0.05) is 0 Å². The summed E-state index contributed by atoms with van der Waals surface area (Å²) in [4.78, 5) is 0. The van der Waals surface area contributed by atoms with E-state index in [4.69, 9.17) is 0 Å². The van der Waals surface area contributed by atoms with Gasteiger partial charge in [-0.2, -0.15) is 0 Å². The van der Waals surface area contributed by atoms with Crippen molar-refractivity contribution in [2.45, 2.75) is 78.7 Å². The van der Waals surface area contributed by atoms with Gasteiger partial charge in [-0.15, -0.1) is 0 Å². The Labute approximate surface area is 89.9 Å². The monoisotopic (exact) mass is 200 g/mol. The lowest BCUT2D eigenvalue weighted by Gasteiger charge is -2.42. The first kappa shape index (κ1) is 14.0. The van der Waals surface area contributed by atoms with Crippen LogP contribution in [0.1, 0.15) is 73.1 Å². The molecule has 0 aromatic carbocycles. The molecule has 1 nitrogen and oxygen atoms in total. The van der Waals surface area contributed by atoms with Crippen molar-refractivity contribution in [3.63, 3.8) is 0 Å². The third kappa shape index (κ3) is 3.27. The van der Waals surface area contributed by atoms with Crippen LogP contribution in [-0.4, -0.2) is 10.7 Å². The smallest absolute Gasteiger partial charge is 0.0672 e. The van der Waals surface area contributed by atoms with E-state index in [1.54, 1.807) is 0 Å². The predicted molar refractivity (Wildman–Crippen MR) is 63.5 cm³/mol. The summed E-state index contributed by atoms with van der Waals surface area (Å²) in [5.41, 5.74) is -0.410. The third-order valence-corrected chi connectivity index (χ3v) is 4.13. The molecule has 0 rings (SSSR count). The summed E-state index contributed by atoms with van der Waals surface area (Å²) in [6.07, 6.45) is 6.67. The molecule has 0 heterocycles. The van der Waals surface area contributed by atoms with Crippen molar-refractivity contribution < 1.29 is 5.11 Å². The predicted octanol–water partition coefficient (Wildman–Crippen LogP) is 4.14. The normalized spacial score (nSPS) is 16.7. The van der Waals surface area contributed by atoms with E-state index in [2.05, 4.69) is 27.7 Å². The van der Waals surface area contributed by atoms with Crippen LogP contribution in [0.15, 0.2) is 0 Å². The quantitative estimate of drug-likeness (QED) is 0.612. The Morgan fingerprint density at radius 1 is 0.929 bits per heavy atom. The summed E-state index contributed by atoms with van der Waals surface area (Å²) in [5.74, 6) is 0. The van der Waals surface area contributed by atoms with Crippen LogP contribution in [-0.2, 0) is 0 Å². The summed E-state index contributed by atoms with van der Waals surface area (Å²) >= 11 is 0. The highest BCUT2D eigenvalue weighted by molar-refractivity contribution is 4.90. The largest absolute Gasteiger partial charge is 0.390 e. The molecule has 1 N–H and O–H groups in total. The molecule has 0 aromatic rings. The molecule has 1 heteroatoms. The third-order valence-electron chi connectivity index (χ3n) is 4.13. The first-order valence-electron chi connectivity index (χ1n) is 6.16. The number of hydrogen-bond donors (Lipinski definition) is 1. The van der Waals surface area contributed by atoms with Gasteiger partial charge in [-0.05, 0) is 31.6 Å². The highest BCUT2D eigenvalue weighted by atomic mass is 16.3. The summed E-state index contributed by atoms with van der Waals surface area (Å²) in [5, 5.41) is 10.5. The van der Waals surface area contributed by atoms with E-state index in [-0.39, 0.29) is 5.41 Å². The molecule has 1 unspecified atom stereocenters. The lowest BCUT2D eigenvalue weighted by molar-refractivity contribution is -0.0733. The topological polar surface area (TPSA) is 20.2 Å². The molecule has 0 spiro atoms. The fourth-order valence-corrected chi connectivity index (χ4v) is 2.03. The molecule has 0 bridgehead atoms. The number of aliphatic hydroxyl groups is 1. The van der Waals surface area contributed by atoms with Crippen LogP contribution >= 0.6 is 0 Å². The van der Waals surface area contributed by atoms with Crippen LogP contribution in [0, 0.1) is 5.41 Å². The van der Waals surface area contributed by atoms with E-state index < -0.39 is 5.60 Å². The minimum absolute atomic E-state index is 0.0841. The molecule has 0 radical (unpaired) electrons. The average Bonchev–Trinajstić information content (AvgIpc) is 2.16. The van der Waals surface area contributed by atoms with Gasteiger partial charge < -0.3 is 5.11 Å². The molecule has 86 valence electrons. The Hall–Kier alpha value is -0.0400. The van der Waals surface area contributed by atoms with Crippen LogP contribution in [0.4, 0.5) is 0 Å². The van der Waals surface area contributed by atoms with E-state index in [9.17, 15) is 5.11 Å². The summed E-state index contributed by atoms with van der Waals surface area (Å²) in [6.45, 7) is 10.8. The van der Waals surface area contributed by atoms with Crippen molar-refractivity contribution in [1.82, 2.24) is 0 Å².